The van der Waals surface area contributed by atoms with Crippen molar-refractivity contribution >= 4 is 0 Å². The first-order valence-electron chi connectivity index (χ1n) is 7.28. The summed E-state index contributed by atoms with van der Waals surface area (Å²) < 4.78 is 15.3. The van der Waals surface area contributed by atoms with Gasteiger partial charge in [-0.2, -0.15) is 5.10 Å². The van der Waals surface area contributed by atoms with E-state index in [0.717, 1.165) is 24.2 Å². The number of halogens is 1. The maximum Gasteiger partial charge on any atom is 0.123 e. The Labute approximate surface area is 123 Å². The van der Waals surface area contributed by atoms with Gasteiger partial charge in [0, 0.05) is 25.3 Å². The maximum absolute atomic E-state index is 13.4. The van der Waals surface area contributed by atoms with Gasteiger partial charge in [-0.1, -0.05) is 12.1 Å². The Kier molecular flexibility index (Phi) is 4.03. The van der Waals surface area contributed by atoms with Crippen LogP contribution in [0.2, 0.25) is 0 Å². The van der Waals surface area contributed by atoms with Crippen LogP contribution in [0.3, 0.4) is 0 Å². The molecule has 0 spiro atoms. The Hall–Kier alpha value is -1.72. The minimum atomic E-state index is -0.349. The molecule has 0 saturated carbocycles. The number of aryl methyl sites for hydroxylation is 1. The molecule has 0 bridgehead atoms. The van der Waals surface area contributed by atoms with Gasteiger partial charge in [-0.25, -0.2) is 4.39 Å². The van der Waals surface area contributed by atoms with E-state index in [-0.39, 0.29) is 18.0 Å². The van der Waals surface area contributed by atoms with Gasteiger partial charge in [0.1, 0.15) is 5.82 Å². The molecule has 2 heterocycles. The highest BCUT2D eigenvalue weighted by molar-refractivity contribution is 5.21. The number of rotatable bonds is 4. The lowest BCUT2D eigenvalue weighted by Crippen LogP contribution is -2.28. The van der Waals surface area contributed by atoms with Gasteiger partial charge in [-0.3, -0.25) is 9.58 Å². The number of hydrogen-bond acceptors (Lipinski definition) is 3. The zero-order valence-corrected chi connectivity index (χ0v) is 12.1. The highest BCUT2D eigenvalue weighted by Crippen LogP contribution is 2.32. The monoisotopic (exact) mass is 289 g/mol. The summed E-state index contributed by atoms with van der Waals surface area (Å²) in [6.07, 6.45) is 4.14. The van der Waals surface area contributed by atoms with Gasteiger partial charge in [0.25, 0.3) is 0 Å². The van der Waals surface area contributed by atoms with Crippen molar-refractivity contribution in [2.45, 2.75) is 32.0 Å². The van der Waals surface area contributed by atoms with Gasteiger partial charge in [-0.15, -0.1) is 0 Å². The molecule has 0 aliphatic carbocycles. The van der Waals surface area contributed by atoms with E-state index < -0.39 is 0 Å². The molecule has 0 amide bonds. The third-order valence-corrected chi connectivity index (χ3v) is 3.99. The second-order valence-corrected chi connectivity index (χ2v) is 5.74. The van der Waals surface area contributed by atoms with Crippen LogP contribution in [0, 0.1) is 12.7 Å². The maximum atomic E-state index is 13.4. The summed E-state index contributed by atoms with van der Waals surface area (Å²) in [4.78, 5) is 2.20. The third kappa shape index (κ3) is 3.31. The smallest absolute Gasteiger partial charge is 0.123 e. The third-order valence-electron chi connectivity index (χ3n) is 3.99. The summed E-state index contributed by atoms with van der Waals surface area (Å²) in [5.74, 6) is -0.225. The minimum absolute atomic E-state index is 0.0763. The lowest BCUT2D eigenvalue weighted by atomic mass is 10.0. The molecule has 1 aliphatic rings. The molecule has 21 heavy (non-hydrogen) atoms. The van der Waals surface area contributed by atoms with E-state index >= 15 is 0 Å². The average molecular weight is 289 g/mol. The van der Waals surface area contributed by atoms with Crippen molar-refractivity contribution < 1.29 is 9.50 Å². The highest BCUT2D eigenvalue weighted by Gasteiger charge is 2.31. The SMILES string of the molecule is Cc1cnn(CCN2C[C@@H](O)C[C@H]2c2cccc(F)c2)c1. The van der Waals surface area contributed by atoms with Crippen molar-refractivity contribution in [1.82, 2.24) is 14.7 Å². The van der Waals surface area contributed by atoms with Crippen LogP contribution < -0.4 is 0 Å². The van der Waals surface area contributed by atoms with Gasteiger partial charge < -0.3 is 5.11 Å². The van der Waals surface area contributed by atoms with E-state index in [0.29, 0.717) is 13.0 Å². The van der Waals surface area contributed by atoms with Crippen LogP contribution >= 0.6 is 0 Å². The van der Waals surface area contributed by atoms with Gasteiger partial charge in [0.05, 0.1) is 18.8 Å². The molecule has 2 atom stereocenters. The number of β-amino-alcohol motifs (C(OH)–C–C–N with tert-alkyl or cyclic N) is 1. The second kappa shape index (κ2) is 5.95. The Morgan fingerprint density at radius 1 is 1.38 bits per heavy atom. The average Bonchev–Trinajstić information content (AvgIpc) is 3.02. The first-order valence-corrected chi connectivity index (χ1v) is 7.28. The molecule has 1 fully saturated rings. The van der Waals surface area contributed by atoms with E-state index in [2.05, 4.69) is 10.00 Å². The zero-order valence-electron chi connectivity index (χ0n) is 12.1. The van der Waals surface area contributed by atoms with E-state index in [1.54, 1.807) is 12.1 Å². The number of aromatic nitrogens is 2. The van der Waals surface area contributed by atoms with Crippen LogP contribution in [-0.2, 0) is 6.54 Å². The first-order chi connectivity index (χ1) is 10.1. The summed E-state index contributed by atoms with van der Waals surface area (Å²) >= 11 is 0. The molecule has 1 saturated heterocycles. The molecule has 112 valence electrons. The molecule has 2 aromatic rings. The van der Waals surface area contributed by atoms with E-state index in [1.165, 1.54) is 6.07 Å². The van der Waals surface area contributed by atoms with Gasteiger partial charge in [0.2, 0.25) is 0 Å². The molecule has 4 nitrogen and oxygen atoms in total. The predicted molar refractivity (Wildman–Crippen MR) is 78.3 cm³/mol. The van der Waals surface area contributed by atoms with Crippen molar-refractivity contribution in [1.29, 1.82) is 0 Å². The number of aliphatic hydroxyl groups excluding tert-OH is 1. The van der Waals surface area contributed by atoms with Crippen LogP contribution in [0.1, 0.15) is 23.6 Å². The minimum Gasteiger partial charge on any atom is -0.392 e. The summed E-state index contributed by atoms with van der Waals surface area (Å²) in [5.41, 5.74) is 2.07. The number of benzene rings is 1. The normalized spacial score (nSPS) is 22.8. The summed E-state index contributed by atoms with van der Waals surface area (Å²) in [6, 6.07) is 6.74. The van der Waals surface area contributed by atoms with Crippen molar-refractivity contribution in [3.8, 4) is 0 Å². The number of nitrogens with zero attached hydrogens (tertiary/aromatic N) is 3. The van der Waals surface area contributed by atoms with Gasteiger partial charge >= 0.3 is 0 Å². The topological polar surface area (TPSA) is 41.3 Å². The van der Waals surface area contributed by atoms with Crippen molar-refractivity contribution in [2.75, 3.05) is 13.1 Å². The molecular formula is C16H20FN3O. The molecule has 1 aromatic heterocycles. The highest BCUT2D eigenvalue weighted by atomic mass is 19.1. The number of likely N-dealkylation sites (tertiary alicyclic amines) is 1. The second-order valence-electron chi connectivity index (χ2n) is 5.74. The van der Waals surface area contributed by atoms with Crippen LogP contribution in [0.4, 0.5) is 4.39 Å². The van der Waals surface area contributed by atoms with E-state index in [1.807, 2.05) is 30.1 Å². The Morgan fingerprint density at radius 3 is 2.95 bits per heavy atom. The lowest BCUT2D eigenvalue weighted by Gasteiger charge is -2.24. The summed E-state index contributed by atoms with van der Waals surface area (Å²) in [5, 5.41) is 14.2. The Bertz CT molecular complexity index is 613. The van der Waals surface area contributed by atoms with Crippen LogP contribution in [0.5, 0.6) is 0 Å². The molecule has 0 radical (unpaired) electrons. The molecule has 1 N–H and O–H groups in total. The molecule has 1 aliphatic heterocycles. The number of aliphatic hydroxyl groups is 1. The summed E-state index contributed by atoms with van der Waals surface area (Å²) in [6.45, 7) is 4.20. The van der Waals surface area contributed by atoms with Crippen LogP contribution in [0.25, 0.3) is 0 Å². The zero-order chi connectivity index (χ0) is 14.8. The summed E-state index contributed by atoms with van der Waals surface area (Å²) in [7, 11) is 0. The molecule has 3 rings (SSSR count). The fourth-order valence-electron chi connectivity index (χ4n) is 3.01. The largest absolute Gasteiger partial charge is 0.392 e. The predicted octanol–water partition coefficient (Wildman–Crippen LogP) is 2.14. The molecule has 0 unspecified atom stereocenters. The fourth-order valence-corrected chi connectivity index (χ4v) is 3.01. The first kappa shape index (κ1) is 14.2. The van der Waals surface area contributed by atoms with Crippen molar-refractivity contribution in [3.63, 3.8) is 0 Å². The fraction of sp³-hybridized carbons (Fsp3) is 0.438. The van der Waals surface area contributed by atoms with Crippen molar-refractivity contribution in [2.24, 2.45) is 0 Å². The van der Waals surface area contributed by atoms with E-state index in [9.17, 15) is 9.50 Å². The standard InChI is InChI=1S/C16H20FN3O/c1-12-9-18-20(10-12)6-5-19-11-15(21)8-16(19)13-3-2-4-14(17)7-13/h2-4,7,9-10,15-16,21H,5-6,8,11H2,1H3/t15-,16-/m0/s1. The van der Waals surface area contributed by atoms with Gasteiger partial charge in [0.15, 0.2) is 0 Å². The van der Waals surface area contributed by atoms with Gasteiger partial charge in [-0.05, 0) is 36.6 Å². The van der Waals surface area contributed by atoms with Crippen molar-refractivity contribution in [3.05, 3.63) is 53.6 Å². The van der Waals surface area contributed by atoms with Crippen LogP contribution in [0.15, 0.2) is 36.7 Å². The quantitative estimate of drug-likeness (QED) is 0.937. The van der Waals surface area contributed by atoms with E-state index in [4.69, 9.17) is 0 Å². The molecular weight excluding hydrogens is 269 g/mol. The molecule has 1 aromatic carbocycles. The Balaban J connectivity index is 1.70. The lowest BCUT2D eigenvalue weighted by molar-refractivity contribution is 0.172. The molecule has 5 heteroatoms. The number of hydrogen-bond donors (Lipinski definition) is 1. The Morgan fingerprint density at radius 2 is 2.24 bits per heavy atom. The van der Waals surface area contributed by atoms with Crippen LogP contribution in [-0.4, -0.2) is 39.0 Å².